The monoisotopic (exact) mass is 144 g/mol. The third-order valence-corrected chi connectivity index (χ3v) is 1.65. The zero-order valence-electron chi connectivity index (χ0n) is 6.46. The summed E-state index contributed by atoms with van der Waals surface area (Å²) in [4.78, 5) is 0. The highest BCUT2D eigenvalue weighted by Gasteiger charge is 1.96. The Kier molecular flexibility index (Phi) is 2.30. The predicted molar refractivity (Wildman–Crippen MR) is 47.2 cm³/mol. The van der Waals surface area contributed by atoms with Gasteiger partial charge in [-0.1, -0.05) is 17.6 Å². The van der Waals surface area contributed by atoms with Crippen LogP contribution in [-0.2, 0) is 6.54 Å². The number of hydrogen-bond acceptors (Lipinski definition) is 2. The fourth-order valence-corrected chi connectivity index (χ4v) is 0.978. The molecule has 1 rings (SSSR count). The third kappa shape index (κ3) is 1.60. The number of nitriles is 1. The Bertz CT molecular complexity index is 301. The van der Waals surface area contributed by atoms with E-state index >= 15 is 0 Å². The fourth-order valence-electron chi connectivity index (χ4n) is 0.978. The molecule has 0 saturated carbocycles. The van der Waals surface area contributed by atoms with Crippen molar-refractivity contribution in [1.29, 1.82) is 5.26 Å². The summed E-state index contributed by atoms with van der Waals surface area (Å²) in [5, 5.41) is 8.60. The molecule has 0 aliphatic carbocycles. The van der Waals surface area contributed by atoms with Gasteiger partial charge in [0.1, 0.15) is 7.85 Å². The van der Waals surface area contributed by atoms with Crippen LogP contribution >= 0.6 is 0 Å². The Hall–Kier alpha value is -1.27. The first kappa shape index (κ1) is 7.84. The molecule has 1 aromatic carbocycles. The maximum Gasteiger partial charge on any atom is 0.141 e. The van der Waals surface area contributed by atoms with Crippen LogP contribution in [0.1, 0.15) is 11.1 Å². The van der Waals surface area contributed by atoms with Crippen molar-refractivity contribution in [3.05, 3.63) is 29.3 Å². The van der Waals surface area contributed by atoms with E-state index in [0.717, 1.165) is 16.6 Å². The van der Waals surface area contributed by atoms with Crippen LogP contribution < -0.4 is 11.2 Å². The second-order valence-electron chi connectivity index (χ2n) is 2.47. The van der Waals surface area contributed by atoms with Gasteiger partial charge in [0.25, 0.3) is 0 Å². The molecule has 0 heterocycles. The van der Waals surface area contributed by atoms with Crippen molar-refractivity contribution < 1.29 is 0 Å². The van der Waals surface area contributed by atoms with Gasteiger partial charge in [-0.3, -0.25) is 0 Å². The number of benzene rings is 1. The Balaban J connectivity index is 3.12. The molecule has 0 atom stereocenters. The molecule has 0 spiro atoms. The van der Waals surface area contributed by atoms with Crippen LogP contribution in [0.25, 0.3) is 0 Å². The van der Waals surface area contributed by atoms with Gasteiger partial charge in [-0.05, 0) is 11.6 Å². The molecule has 0 saturated heterocycles. The van der Waals surface area contributed by atoms with Crippen molar-refractivity contribution in [3.63, 3.8) is 0 Å². The van der Waals surface area contributed by atoms with Crippen molar-refractivity contribution in [2.45, 2.75) is 6.54 Å². The molecule has 3 heteroatoms. The summed E-state index contributed by atoms with van der Waals surface area (Å²) in [6.45, 7) is 0.534. The first-order chi connectivity index (χ1) is 5.27. The van der Waals surface area contributed by atoms with E-state index in [2.05, 4.69) is 6.07 Å². The van der Waals surface area contributed by atoms with Crippen molar-refractivity contribution in [1.82, 2.24) is 0 Å². The van der Waals surface area contributed by atoms with Gasteiger partial charge in [-0.25, -0.2) is 0 Å². The van der Waals surface area contributed by atoms with Gasteiger partial charge < -0.3 is 5.73 Å². The highest BCUT2D eigenvalue weighted by molar-refractivity contribution is 6.33. The Labute approximate surface area is 67.0 Å². The Morgan fingerprint density at radius 3 is 2.73 bits per heavy atom. The van der Waals surface area contributed by atoms with Crippen molar-refractivity contribution in [2.75, 3.05) is 0 Å². The lowest BCUT2D eigenvalue weighted by molar-refractivity contribution is 1.07. The number of rotatable bonds is 1. The fraction of sp³-hybridized carbons (Fsp3) is 0.125. The van der Waals surface area contributed by atoms with Gasteiger partial charge in [0.2, 0.25) is 0 Å². The van der Waals surface area contributed by atoms with Crippen molar-refractivity contribution in [2.24, 2.45) is 5.73 Å². The topological polar surface area (TPSA) is 49.8 Å². The second-order valence-corrected chi connectivity index (χ2v) is 2.47. The summed E-state index contributed by atoms with van der Waals surface area (Å²) in [7, 11) is 1.91. The molecule has 54 valence electrons. The third-order valence-electron chi connectivity index (χ3n) is 1.65. The highest BCUT2D eigenvalue weighted by atomic mass is 14.5. The zero-order valence-corrected chi connectivity index (χ0v) is 6.46. The zero-order chi connectivity index (χ0) is 8.27. The average molecular weight is 144 g/mol. The second kappa shape index (κ2) is 3.22. The molecule has 2 N–H and O–H groups in total. The predicted octanol–water partition coefficient (Wildman–Crippen LogP) is -0.725. The lowest BCUT2D eigenvalue weighted by Gasteiger charge is -1.99. The number of nitrogens with two attached hydrogens (primary N) is 1. The van der Waals surface area contributed by atoms with Gasteiger partial charge in [0.15, 0.2) is 0 Å². The maximum absolute atomic E-state index is 8.60. The maximum atomic E-state index is 8.60. The molecule has 0 fully saturated rings. The van der Waals surface area contributed by atoms with E-state index < -0.39 is 0 Å². The number of nitrogens with zero attached hydrogens (tertiary/aromatic N) is 1. The molecule has 0 aliphatic rings. The number of hydrogen-bond donors (Lipinski definition) is 1. The highest BCUT2D eigenvalue weighted by Crippen LogP contribution is 1.98. The summed E-state index contributed by atoms with van der Waals surface area (Å²) in [5.74, 6) is 0. The largest absolute Gasteiger partial charge is 0.326 e. The smallest absolute Gasteiger partial charge is 0.141 e. The van der Waals surface area contributed by atoms with E-state index in [1.165, 1.54) is 0 Å². The van der Waals surface area contributed by atoms with E-state index in [-0.39, 0.29) is 0 Å². The van der Waals surface area contributed by atoms with Crippen molar-refractivity contribution in [3.8, 4) is 6.07 Å². The molecule has 1 aromatic rings. The van der Waals surface area contributed by atoms with E-state index in [1.54, 1.807) is 6.07 Å². The van der Waals surface area contributed by atoms with Crippen LogP contribution in [0.2, 0.25) is 0 Å². The molecule has 2 nitrogen and oxygen atoms in total. The minimum atomic E-state index is 0.534. The van der Waals surface area contributed by atoms with Crippen LogP contribution in [0.5, 0.6) is 0 Å². The Morgan fingerprint density at radius 2 is 2.27 bits per heavy atom. The molecular weight excluding hydrogens is 135 g/mol. The average Bonchev–Trinajstić information content (AvgIpc) is 2.04. The standard InChI is InChI=1S/C8H9BN2/c9-8-3-6(4-10)1-2-7(8)5-11/h1-3H,4,9-10H2. The van der Waals surface area contributed by atoms with Gasteiger partial charge in [0, 0.05) is 12.1 Å². The first-order valence-electron chi connectivity index (χ1n) is 3.47. The molecule has 0 radical (unpaired) electrons. The van der Waals surface area contributed by atoms with Crippen LogP contribution in [0.4, 0.5) is 0 Å². The molecule has 0 amide bonds. The van der Waals surface area contributed by atoms with Crippen LogP contribution in [-0.4, -0.2) is 7.85 Å². The summed E-state index contributed by atoms with van der Waals surface area (Å²) in [6, 6.07) is 7.73. The van der Waals surface area contributed by atoms with Gasteiger partial charge in [-0.15, -0.1) is 0 Å². The van der Waals surface area contributed by atoms with Crippen molar-refractivity contribution >= 4 is 13.3 Å². The van der Waals surface area contributed by atoms with E-state index in [1.807, 2.05) is 20.0 Å². The minimum Gasteiger partial charge on any atom is -0.326 e. The summed E-state index contributed by atoms with van der Waals surface area (Å²) < 4.78 is 0. The molecule has 0 bridgehead atoms. The van der Waals surface area contributed by atoms with E-state index in [4.69, 9.17) is 11.0 Å². The van der Waals surface area contributed by atoms with Gasteiger partial charge in [-0.2, -0.15) is 5.26 Å². The normalized spacial score (nSPS) is 9.09. The van der Waals surface area contributed by atoms with Crippen LogP contribution in [0.3, 0.4) is 0 Å². The molecule has 11 heavy (non-hydrogen) atoms. The quantitative estimate of drug-likeness (QED) is 0.528. The lowest BCUT2D eigenvalue weighted by atomic mass is 9.89. The van der Waals surface area contributed by atoms with Crippen LogP contribution in [0.15, 0.2) is 18.2 Å². The molecule has 0 aliphatic heterocycles. The molecular formula is C8H9BN2. The SMILES string of the molecule is Bc1cc(CN)ccc1C#N. The van der Waals surface area contributed by atoms with E-state index in [0.29, 0.717) is 6.54 Å². The van der Waals surface area contributed by atoms with E-state index in [9.17, 15) is 0 Å². The lowest BCUT2D eigenvalue weighted by Crippen LogP contribution is -2.10. The minimum absolute atomic E-state index is 0.534. The summed E-state index contributed by atoms with van der Waals surface area (Å²) in [6.07, 6.45) is 0. The molecule has 0 unspecified atom stereocenters. The van der Waals surface area contributed by atoms with Gasteiger partial charge >= 0.3 is 0 Å². The van der Waals surface area contributed by atoms with Crippen LogP contribution in [0, 0.1) is 11.3 Å². The Morgan fingerprint density at radius 1 is 1.55 bits per heavy atom. The summed E-state index contributed by atoms with van der Waals surface area (Å²) in [5.41, 5.74) is 8.22. The van der Waals surface area contributed by atoms with Gasteiger partial charge in [0.05, 0.1) is 6.07 Å². The molecule has 0 aromatic heterocycles. The summed E-state index contributed by atoms with van der Waals surface area (Å²) >= 11 is 0. The first-order valence-corrected chi connectivity index (χ1v) is 3.47.